The Morgan fingerprint density at radius 2 is 1.14 bits per heavy atom. The van der Waals surface area contributed by atoms with Crippen LogP contribution in [0, 0.1) is 10.8 Å². The summed E-state index contributed by atoms with van der Waals surface area (Å²) in [4.78, 5) is 22.5. The molecule has 0 aliphatic carbocycles. The van der Waals surface area contributed by atoms with Crippen molar-refractivity contribution in [1.82, 2.24) is 0 Å². The molecule has 2 rings (SSSR count). The Balaban J connectivity index is 1.58. The third-order valence-electron chi connectivity index (χ3n) is 6.67. The molecule has 4 atom stereocenters. The molecule has 0 radical (unpaired) electrons. The van der Waals surface area contributed by atoms with Gasteiger partial charge in [0.25, 0.3) is 0 Å². The van der Waals surface area contributed by atoms with Gasteiger partial charge in [0.05, 0.1) is 35.2 Å². The number of carboxylic acid groups (broad SMARTS) is 2. The van der Waals surface area contributed by atoms with Gasteiger partial charge < -0.3 is 19.7 Å². The number of hydrogen-bond acceptors (Lipinski definition) is 4. The Labute approximate surface area is 175 Å². The Bertz CT molecular complexity index is 556. The van der Waals surface area contributed by atoms with Crippen molar-refractivity contribution < 1.29 is 29.3 Å². The Kier molecular flexibility index (Phi) is 8.53. The van der Waals surface area contributed by atoms with E-state index in [2.05, 4.69) is 0 Å². The van der Waals surface area contributed by atoms with Crippen LogP contribution in [0.5, 0.6) is 0 Å². The van der Waals surface area contributed by atoms with Gasteiger partial charge in [-0.15, -0.1) is 0 Å². The molecule has 0 saturated carbocycles. The van der Waals surface area contributed by atoms with Gasteiger partial charge in [0.1, 0.15) is 0 Å². The highest BCUT2D eigenvalue weighted by Gasteiger charge is 2.35. The lowest BCUT2D eigenvalue weighted by molar-refractivity contribution is -0.149. The average molecular weight is 413 g/mol. The van der Waals surface area contributed by atoms with Crippen LogP contribution in [-0.2, 0) is 19.1 Å². The zero-order valence-electron chi connectivity index (χ0n) is 18.6. The van der Waals surface area contributed by atoms with E-state index in [-0.39, 0.29) is 18.3 Å². The molecule has 4 unspecified atom stereocenters. The van der Waals surface area contributed by atoms with E-state index in [1.54, 1.807) is 27.7 Å². The van der Waals surface area contributed by atoms with Crippen molar-refractivity contribution in [3.05, 3.63) is 0 Å². The lowest BCUT2D eigenvalue weighted by Crippen LogP contribution is -2.29. The van der Waals surface area contributed by atoms with Crippen LogP contribution in [0.3, 0.4) is 0 Å². The number of carbonyl (C=O) groups is 2. The molecule has 0 aromatic heterocycles. The fraction of sp³-hybridized carbons (Fsp3) is 0.913. The molecule has 0 bridgehead atoms. The fourth-order valence-electron chi connectivity index (χ4n) is 4.46. The maximum atomic E-state index is 11.3. The van der Waals surface area contributed by atoms with Gasteiger partial charge in [-0.25, -0.2) is 0 Å². The number of aliphatic carboxylic acids is 2. The van der Waals surface area contributed by atoms with Gasteiger partial charge in [0.15, 0.2) is 0 Å². The quantitative estimate of drug-likeness (QED) is 0.467. The van der Waals surface area contributed by atoms with Crippen LogP contribution < -0.4 is 0 Å². The molecular formula is C23H40O6. The van der Waals surface area contributed by atoms with E-state index in [0.29, 0.717) is 18.9 Å². The normalized spacial score (nSPS) is 28.0. The largest absolute Gasteiger partial charge is 0.481 e. The summed E-state index contributed by atoms with van der Waals surface area (Å²) in [7, 11) is 0. The first kappa shape index (κ1) is 24.1. The lowest BCUT2D eigenvalue weighted by Gasteiger charge is -2.23. The summed E-state index contributed by atoms with van der Waals surface area (Å²) in [6.07, 6.45) is 11.3. The van der Waals surface area contributed by atoms with E-state index in [4.69, 9.17) is 9.47 Å². The van der Waals surface area contributed by atoms with Crippen molar-refractivity contribution in [3.63, 3.8) is 0 Å². The molecule has 0 aromatic rings. The van der Waals surface area contributed by atoms with E-state index in [1.165, 1.54) is 0 Å². The standard InChI is InChI=1S/C23H40O6/c1-22(2,20(24)25)14-6-9-18-11-10-16(28-18)7-5-8-17-12-13-19(29-17)15-23(3,4)21(26)27/h16-19H,5-15H2,1-4H3,(H,24,25)(H,26,27). The Morgan fingerprint density at radius 1 is 0.724 bits per heavy atom. The third-order valence-corrected chi connectivity index (χ3v) is 6.67. The molecule has 0 amide bonds. The predicted molar refractivity (Wildman–Crippen MR) is 111 cm³/mol. The summed E-state index contributed by atoms with van der Waals surface area (Å²) in [5.41, 5.74) is -1.39. The van der Waals surface area contributed by atoms with Gasteiger partial charge in [-0.2, -0.15) is 0 Å². The maximum absolute atomic E-state index is 11.3. The second kappa shape index (κ2) is 10.3. The van der Waals surface area contributed by atoms with Gasteiger partial charge in [-0.1, -0.05) is 0 Å². The molecule has 6 nitrogen and oxygen atoms in total. The summed E-state index contributed by atoms with van der Waals surface area (Å²) in [6, 6.07) is 0. The molecule has 168 valence electrons. The van der Waals surface area contributed by atoms with Crippen molar-refractivity contribution in [3.8, 4) is 0 Å². The molecule has 2 aliphatic heterocycles. The van der Waals surface area contributed by atoms with E-state index in [9.17, 15) is 19.8 Å². The Hall–Kier alpha value is -1.14. The zero-order chi connectivity index (χ0) is 21.7. The molecule has 0 spiro atoms. The van der Waals surface area contributed by atoms with Crippen molar-refractivity contribution >= 4 is 11.9 Å². The topological polar surface area (TPSA) is 93.1 Å². The minimum absolute atomic E-state index is 0.0632. The highest BCUT2D eigenvalue weighted by atomic mass is 16.5. The lowest BCUT2D eigenvalue weighted by atomic mass is 9.86. The van der Waals surface area contributed by atoms with Crippen LogP contribution in [0.25, 0.3) is 0 Å². The maximum Gasteiger partial charge on any atom is 0.309 e. The van der Waals surface area contributed by atoms with Crippen LogP contribution in [-0.4, -0.2) is 46.6 Å². The van der Waals surface area contributed by atoms with E-state index < -0.39 is 22.8 Å². The SMILES string of the molecule is CC(C)(CCCC1CCC(CCCC2CCC(CC(C)(C)C(=O)O)O2)O1)C(=O)O. The van der Waals surface area contributed by atoms with Gasteiger partial charge >= 0.3 is 11.9 Å². The van der Waals surface area contributed by atoms with Gasteiger partial charge in [-0.05, 0) is 98.3 Å². The van der Waals surface area contributed by atoms with Crippen molar-refractivity contribution in [2.24, 2.45) is 10.8 Å². The summed E-state index contributed by atoms with van der Waals surface area (Å²) in [5, 5.41) is 18.5. The smallest absolute Gasteiger partial charge is 0.309 e. The second-order valence-corrected chi connectivity index (χ2v) is 10.3. The number of ether oxygens (including phenoxy) is 2. The first-order valence-corrected chi connectivity index (χ1v) is 11.3. The monoisotopic (exact) mass is 412 g/mol. The minimum Gasteiger partial charge on any atom is -0.481 e. The molecule has 2 aliphatic rings. The van der Waals surface area contributed by atoms with Crippen molar-refractivity contribution in [2.45, 2.75) is 123 Å². The van der Waals surface area contributed by atoms with Crippen LogP contribution in [0.4, 0.5) is 0 Å². The second-order valence-electron chi connectivity index (χ2n) is 10.3. The highest BCUT2D eigenvalue weighted by molar-refractivity contribution is 5.73. The van der Waals surface area contributed by atoms with Gasteiger partial charge in [0.2, 0.25) is 0 Å². The van der Waals surface area contributed by atoms with Gasteiger partial charge in [-0.3, -0.25) is 9.59 Å². The molecule has 2 N–H and O–H groups in total. The third kappa shape index (κ3) is 7.56. The molecule has 6 heteroatoms. The van der Waals surface area contributed by atoms with Crippen LogP contribution in [0.1, 0.15) is 98.3 Å². The fourth-order valence-corrected chi connectivity index (χ4v) is 4.46. The van der Waals surface area contributed by atoms with Crippen molar-refractivity contribution in [2.75, 3.05) is 0 Å². The molecular weight excluding hydrogens is 372 g/mol. The van der Waals surface area contributed by atoms with Crippen molar-refractivity contribution in [1.29, 1.82) is 0 Å². The minimum atomic E-state index is -0.760. The Morgan fingerprint density at radius 3 is 1.62 bits per heavy atom. The first-order valence-electron chi connectivity index (χ1n) is 11.3. The molecule has 29 heavy (non-hydrogen) atoms. The van der Waals surface area contributed by atoms with Gasteiger partial charge in [0, 0.05) is 0 Å². The highest BCUT2D eigenvalue weighted by Crippen LogP contribution is 2.34. The molecule has 0 aromatic carbocycles. The number of hydrogen-bond donors (Lipinski definition) is 2. The van der Waals surface area contributed by atoms with Crippen LogP contribution in [0.15, 0.2) is 0 Å². The van der Waals surface area contributed by atoms with E-state index in [1.807, 2.05) is 0 Å². The molecule has 2 saturated heterocycles. The van der Waals surface area contributed by atoms with E-state index in [0.717, 1.165) is 57.8 Å². The molecule has 2 fully saturated rings. The van der Waals surface area contributed by atoms with E-state index >= 15 is 0 Å². The summed E-state index contributed by atoms with van der Waals surface area (Å²) < 4.78 is 12.2. The summed E-state index contributed by atoms with van der Waals surface area (Å²) in [6.45, 7) is 7.10. The first-order chi connectivity index (χ1) is 13.5. The molecule has 2 heterocycles. The number of rotatable bonds is 12. The average Bonchev–Trinajstić information content (AvgIpc) is 3.24. The predicted octanol–water partition coefficient (Wildman–Crippen LogP) is 5.03. The summed E-state index contributed by atoms with van der Waals surface area (Å²) >= 11 is 0. The zero-order valence-corrected chi connectivity index (χ0v) is 18.6. The van der Waals surface area contributed by atoms with Crippen LogP contribution in [0.2, 0.25) is 0 Å². The van der Waals surface area contributed by atoms with Crippen LogP contribution >= 0.6 is 0 Å². The summed E-state index contributed by atoms with van der Waals surface area (Å²) in [5.74, 6) is -1.49. The number of carboxylic acids is 2.